The maximum absolute atomic E-state index is 5.05. The highest BCUT2D eigenvalue weighted by Crippen LogP contribution is 2.10. The molecule has 0 spiro atoms. The van der Waals surface area contributed by atoms with Gasteiger partial charge in [0.05, 0.1) is 12.2 Å². The zero-order valence-electron chi connectivity index (χ0n) is 6.38. The molecule has 0 saturated heterocycles. The van der Waals surface area contributed by atoms with E-state index in [1.807, 2.05) is 27.7 Å². The first-order valence-electron chi connectivity index (χ1n) is 3.11. The third-order valence-corrected chi connectivity index (χ3v) is 1.39. The van der Waals surface area contributed by atoms with E-state index in [0.29, 0.717) is 0 Å². The van der Waals surface area contributed by atoms with Gasteiger partial charge in [0.2, 0.25) is 0 Å². The monoisotopic (exact) mass is 150 g/mol. The molecule has 0 aromatic heterocycles. The van der Waals surface area contributed by atoms with E-state index in [-0.39, 0.29) is 12.2 Å². The van der Waals surface area contributed by atoms with Gasteiger partial charge in [0.15, 0.2) is 12.3 Å². The van der Waals surface area contributed by atoms with Crippen LogP contribution in [-0.4, -0.2) is 12.2 Å². The van der Waals surface area contributed by atoms with Crippen LogP contribution in [0.1, 0.15) is 27.7 Å². The van der Waals surface area contributed by atoms with Crippen molar-refractivity contribution in [1.29, 1.82) is 0 Å². The van der Waals surface area contributed by atoms with Crippen LogP contribution in [0.5, 0.6) is 0 Å². The standard InChI is InChI=1S/C6H14O2S/c1-5(2)7-9-8-6(3)4/h5-6H,1-4H3. The fraction of sp³-hybridized carbons (Fsp3) is 1.00. The highest BCUT2D eigenvalue weighted by molar-refractivity contribution is 7.89. The Balaban J connectivity index is 2.91. The summed E-state index contributed by atoms with van der Waals surface area (Å²) in [5.41, 5.74) is 0. The topological polar surface area (TPSA) is 18.5 Å². The number of rotatable bonds is 4. The Bertz CT molecular complexity index is 56.1. The molecule has 0 bridgehead atoms. The zero-order valence-corrected chi connectivity index (χ0v) is 7.20. The Hall–Kier alpha value is 0.270. The van der Waals surface area contributed by atoms with Crippen molar-refractivity contribution in [3.63, 3.8) is 0 Å². The van der Waals surface area contributed by atoms with Crippen molar-refractivity contribution in [1.82, 2.24) is 0 Å². The molecule has 56 valence electrons. The van der Waals surface area contributed by atoms with Crippen LogP contribution < -0.4 is 0 Å². The normalized spacial score (nSPS) is 11.3. The quantitative estimate of drug-likeness (QED) is 0.573. The molecule has 0 aliphatic heterocycles. The molecule has 0 aliphatic rings. The summed E-state index contributed by atoms with van der Waals surface area (Å²) in [4.78, 5) is 0. The van der Waals surface area contributed by atoms with Crippen molar-refractivity contribution in [3.05, 3.63) is 0 Å². The highest BCUT2D eigenvalue weighted by Gasteiger charge is 1.96. The second-order valence-electron chi connectivity index (χ2n) is 2.36. The summed E-state index contributed by atoms with van der Waals surface area (Å²) in [6, 6.07) is 0. The second kappa shape index (κ2) is 5.09. The first kappa shape index (κ1) is 9.27. The van der Waals surface area contributed by atoms with Crippen LogP contribution in [0.4, 0.5) is 0 Å². The molecule has 0 aromatic carbocycles. The Morgan fingerprint density at radius 3 is 1.44 bits per heavy atom. The highest BCUT2D eigenvalue weighted by atomic mass is 32.2. The molecule has 0 fully saturated rings. The van der Waals surface area contributed by atoms with Crippen molar-refractivity contribution < 1.29 is 8.37 Å². The summed E-state index contributed by atoms with van der Waals surface area (Å²) in [7, 11) is 0. The van der Waals surface area contributed by atoms with Gasteiger partial charge >= 0.3 is 0 Å². The molecular formula is C6H14O2S. The van der Waals surface area contributed by atoms with Crippen LogP contribution in [-0.2, 0) is 8.37 Å². The van der Waals surface area contributed by atoms with E-state index in [4.69, 9.17) is 8.37 Å². The SMILES string of the molecule is CC(C)OSOC(C)C. The van der Waals surface area contributed by atoms with Gasteiger partial charge in [-0.15, -0.1) is 0 Å². The Morgan fingerprint density at radius 1 is 0.889 bits per heavy atom. The van der Waals surface area contributed by atoms with Crippen LogP contribution in [0.25, 0.3) is 0 Å². The first-order chi connectivity index (χ1) is 4.13. The van der Waals surface area contributed by atoms with Gasteiger partial charge in [-0.1, -0.05) is 0 Å². The van der Waals surface area contributed by atoms with Gasteiger partial charge in [0, 0.05) is 0 Å². The minimum Gasteiger partial charge on any atom is -0.289 e. The van der Waals surface area contributed by atoms with Crippen LogP contribution in [0.2, 0.25) is 0 Å². The lowest BCUT2D eigenvalue weighted by Crippen LogP contribution is -1.99. The molecule has 9 heavy (non-hydrogen) atoms. The van der Waals surface area contributed by atoms with Crippen LogP contribution >= 0.6 is 12.3 Å². The van der Waals surface area contributed by atoms with E-state index in [1.165, 1.54) is 0 Å². The van der Waals surface area contributed by atoms with Crippen LogP contribution in [0.3, 0.4) is 0 Å². The molecule has 0 heterocycles. The van der Waals surface area contributed by atoms with Gasteiger partial charge in [-0.05, 0) is 27.7 Å². The molecule has 0 rings (SSSR count). The van der Waals surface area contributed by atoms with Gasteiger partial charge < -0.3 is 0 Å². The van der Waals surface area contributed by atoms with Crippen molar-refractivity contribution in [2.45, 2.75) is 39.9 Å². The Morgan fingerprint density at radius 2 is 1.22 bits per heavy atom. The maximum Gasteiger partial charge on any atom is 0.159 e. The van der Waals surface area contributed by atoms with Gasteiger partial charge in [-0.3, -0.25) is 8.37 Å². The predicted octanol–water partition coefficient (Wildman–Crippen LogP) is 2.40. The third kappa shape index (κ3) is 8.27. The van der Waals surface area contributed by atoms with Gasteiger partial charge in [-0.2, -0.15) is 0 Å². The summed E-state index contributed by atoms with van der Waals surface area (Å²) in [6.45, 7) is 7.88. The summed E-state index contributed by atoms with van der Waals surface area (Å²) in [5, 5.41) is 0. The molecule has 3 heteroatoms. The molecule has 0 unspecified atom stereocenters. The van der Waals surface area contributed by atoms with Gasteiger partial charge in [0.1, 0.15) is 0 Å². The van der Waals surface area contributed by atoms with Crippen LogP contribution in [0, 0.1) is 0 Å². The first-order valence-corrected chi connectivity index (χ1v) is 3.78. The van der Waals surface area contributed by atoms with E-state index in [9.17, 15) is 0 Å². The van der Waals surface area contributed by atoms with E-state index < -0.39 is 0 Å². The summed E-state index contributed by atoms with van der Waals surface area (Å²) in [5.74, 6) is 0. The molecule has 0 saturated carbocycles. The molecule has 0 amide bonds. The van der Waals surface area contributed by atoms with Gasteiger partial charge in [0.25, 0.3) is 0 Å². The van der Waals surface area contributed by atoms with Crippen molar-refractivity contribution in [2.75, 3.05) is 0 Å². The van der Waals surface area contributed by atoms with E-state index >= 15 is 0 Å². The summed E-state index contributed by atoms with van der Waals surface area (Å²) < 4.78 is 10.1. The van der Waals surface area contributed by atoms with Crippen molar-refractivity contribution >= 4 is 12.3 Å². The molecule has 0 aliphatic carbocycles. The molecule has 0 atom stereocenters. The predicted molar refractivity (Wildman–Crippen MR) is 40.0 cm³/mol. The fourth-order valence-electron chi connectivity index (χ4n) is 0.180. The minimum atomic E-state index is 0.230. The van der Waals surface area contributed by atoms with E-state index in [0.717, 1.165) is 12.3 Å². The Labute approximate surface area is 61.3 Å². The molecule has 2 nitrogen and oxygen atoms in total. The van der Waals surface area contributed by atoms with Gasteiger partial charge in [-0.25, -0.2) is 0 Å². The second-order valence-corrected chi connectivity index (χ2v) is 2.88. The zero-order chi connectivity index (χ0) is 7.28. The maximum atomic E-state index is 5.05. The molecule has 0 radical (unpaired) electrons. The molecule has 0 N–H and O–H groups in total. The lowest BCUT2D eigenvalue weighted by molar-refractivity contribution is 0.210. The van der Waals surface area contributed by atoms with Crippen molar-refractivity contribution in [2.24, 2.45) is 0 Å². The van der Waals surface area contributed by atoms with E-state index in [1.54, 1.807) is 0 Å². The summed E-state index contributed by atoms with van der Waals surface area (Å²) in [6.07, 6.45) is 0.461. The smallest absolute Gasteiger partial charge is 0.159 e. The lowest BCUT2D eigenvalue weighted by Gasteiger charge is -2.06. The number of hydrogen-bond acceptors (Lipinski definition) is 3. The van der Waals surface area contributed by atoms with Crippen molar-refractivity contribution in [3.8, 4) is 0 Å². The third-order valence-electron chi connectivity index (χ3n) is 0.463. The average Bonchev–Trinajstić information content (AvgIpc) is 1.63. The van der Waals surface area contributed by atoms with E-state index in [2.05, 4.69) is 0 Å². The number of hydrogen-bond donors (Lipinski definition) is 0. The molecule has 0 aromatic rings. The van der Waals surface area contributed by atoms with Crippen LogP contribution in [0.15, 0.2) is 0 Å². The molecular weight excluding hydrogens is 136 g/mol. The largest absolute Gasteiger partial charge is 0.289 e. The Kier molecular flexibility index (Phi) is 5.24. The lowest BCUT2D eigenvalue weighted by atomic mass is 10.5. The fourth-order valence-corrected chi connectivity index (χ4v) is 0.539. The average molecular weight is 150 g/mol. The minimum absolute atomic E-state index is 0.230. The summed E-state index contributed by atoms with van der Waals surface area (Å²) >= 11 is 1.07.